The number of nitrogens with one attached hydrogen (secondary N) is 1. The smallest absolute Gasteiger partial charge is 0.0766 e. The first kappa shape index (κ1) is 13.6. The maximum atomic E-state index is 4.63. The summed E-state index contributed by atoms with van der Waals surface area (Å²) in [7, 11) is 2.08. The molecule has 4 heteroatoms. The normalized spacial score (nSPS) is 21.4. The predicted molar refractivity (Wildman–Crippen MR) is 81.3 cm³/mol. The van der Waals surface area contributed by atoms with Gasteiger partial charge in [-0.2, -0.15) is 5.10 Å². The number of rotatable bonds is 6. The van der Waals surface area contributed by atoms with E-state index in [1.165, 1.54) is 54.5 Å². The minimum absolute atomic E-state index is 0.490. The average molecular weight is 326 g/mol. The van der Waals surface area contributed by atoms with Gasteiger partial charge in [0.2, 0.25) is 0 Å². The fourth-order valence-electron chi connectivity index (χ4n) is 3.11. The van der Waals surface area contributed by atoms with Crippen molar-refractivity contribution in [1.29, 1.82) is 0 Å². The molecule has 0 amide bonds. The van der Waals surface area contributed by atoms with E-state index in [0.29, 0.717) is 5.41 Å². The number of aromatic nitrogens is 2. The van der Waals surface area contributed by atoms with Crippen molar-refractivity contribution in [2.24, 2.45) is 12.5 Å². The van der Waals surface area contributed by atoms with Crippen LogP contribution in [-0.2, 0) is 19.9 Å². The summed E-state index contributed by atoms with van der Waals surface area (Å²) in [6.07, 6.45) is 9.05. The van der Waals surface area contributed by atoms with Crippen molar-refractivity contribution >= 4 is 15.9 Å². The van der Waals surface area contributed by atoms with Gasteiger partial charge >= 0.3 is 0 Å². The number of hydrogen-bond acceptors (Lipinski definition) is 2. The summed E-state index contributed by atoms with van der Waals surface area (Å²) in [5, 5.41) is 8.36. The van der Waals surface area contributed by atoms with E-state index in [9.17, 15) is 0 Å². The Kier molecular flexibility index (Phi) is 3.73. The van der Waals surface area contributed by atoms with Gasteiger partial charge in [-0.1, -0.05) is 13.3 Å². The summed E-state index contributed by atoms with van der Waals surface area (Å²) in [5.41, 5.74) is 3.07. The summed E-state index contributed by atoms with van der Waals surface area (Å²) in [6.45, 7) is 3.36. The van der Waals surface area contributed by atoms with E-state index in [0.717, 1.165) is 18.9 Å². The second-order valence-corrected chi connectivity index (χ2v) is 7.16. The molecule has 1 aromatic heterocycles. The minimum atomic E-state index is 0.490. The lowest BCUT2D eigenvalue weighted by Crippen LogP contribution is -2.42. The van der Waals surface area contributed by atoms with Crippen LogP contribution in [0.3, 0.4) is 0 Å². The largest absolute Gasteiger partial charge is 0.313 e. The van der Waals surface area contributed by atoms with Crippen molar-refractivity contribution in [3.8, 4) is 0 Å². The molecule has 0 atom stereocenters. The molecule has 0 unspecified atom stereocenters. The molecule has 3 nitrogen and oxygen atoms in total. The van der Waals surface area contributed by atoms with Crippen molar-refractivity contribution in [3.63, 3.8) is 0 Å². The molecule has 2 aliphatic carbocycles. The Bertz CT molecular complexity index is 458. The van der Waals surface area contributed by atoms with Crippen LogP contribution in [0.4, 0.5) is 0 Å². The fraction of sp³-hybridized carbons (Fsp3) is 0.800. The Balaban J connectivity index is 1.72. The number of hydrogen-bond donors (Lipinski definition) is 1. The highest BCUT2D eigenvalue weighted by Crippen LogP contribution is 2.45. The molecule has 1 N–H and O–H groups in total. The molecule has 2 saturated carbocycles. The van der Waals surface area contributed by atoms with Crippen LogP contribution in [0.25, 0.3) is 0 Å². The quantitative estimate of drug-likeness (QED) is 0.870. The van der Waals surface area contributed by atoms with E-state index in [4.69, 9.17) is 0 Å². The van der Waals surface area contributed by atoms with Crippen LogP contribution in [0, 0.1) is 5.41 Å². The summed E-state index contributed by atoms with van der Waals surface area (Å²) in [5.74, 6) is 0. The molecule has 0 aliphatic heterocycles. The van der Waals surface area contributed by atoms with Gasteiger partial charge in [0.05, 0.1) is 15.9 Å². The molecular weight excluding hydrogens is 302 g/mol. The Labute approximate surface area is 124 Å². The second-order valence-electron chi connectivity index (χ2n) is 6.37. The van der Waals surface area contributed by atoms with E-state index >= 15 is 0 Å². The standard InChI is InChI=1S/C15H24BrN3/c1-3-12-14(16)13(19(2)18-12)9-15(7-4-8-15)10-17-11-5-6-11/h11,17H,3-10H2,1-2H3. The van der Waals surface area contributed by atoms with Gasteiger partial charge in [0.25, 0.3) is 0 Å². The fourth-order valence-corrected chi connectivity index (χ4v) is 3.86. The highest BCUT2D eigenvalue weighted by Gasteiger charge is 2.39. The van der Waals surface area contributed by atoms with E-state index < -0.39 is 0 Å². The van der Waals surface area contributed by atoms with Crippen LogP contribution in [0.2, 0.25) is 0 Å². The van der Waals surface area contributed by atoms with Gasteiger partial charge in [-0.15, -0.1) is 0 Å². The van der Waals surface area contributed by atoms with Crippen LogP contribution in [0.15, 0.2) is 4.47 Å². The molecule has 1 heterocycles. The van der Waals surface area contributed by atoms with E-state index in [1.807, 2.05) is 0 Å². The number of aryl methyl sites for hydroxylation is 2. The van der Waals surface area contributed by atoms with E-state index in [1.54, 1.807) is 0 Å². The highest BCUT2D eigenvalue weighted by atomic mass is 79.9. The molecule has 0 aromatic carbocycles. The molecule has 106 valence electrons. The zero-order valence-electron chi connectivity index (χ0n) is 12.0. The van der Waals surface area contributed by atoms with Crippen molar-refractivity contribution in [1.82, 2.24) is 15.1 Å². The zero-order chi connectivity index (χ0) is 13.5. The lowest BCUT2D eigenvalue weighted by Gasteiger charge is -2.42. The average Bonchev–Trinajstić information content (AvgIpc) is 3.13. The van der Waals surface area contributed by atoms with Crippen LogP contribution >= 0.6 is 15.9 Å². The molecular formula is C15H24BrN3. The third-order valence-corrected chi connectivity index (χ3v) is 5.72. The first-order chi connectivity index (χ1) is 9.13. The van der Waals surface area contributed by atoms with Gasteiger partial charge in [0.1, 0.15) is 0 Å². The van der Waals surface area contributed by atoms with Gasteiger partial charge in [-0.25, -0.2) is 0 Å². The highest BCUT2D eigenvalue weighted by molar-refractivity contribution is 9.10. The molecule has 1 aromatic rings. The summed E-state index contributed by atoms with van der Waals surface area (Å²) >= 11 is 3.76. The molecule has 2 fully saturated rings. The van der Waals surface area contributed by atoms with Crippen LogP contribution in [0.5, 0.6) is 0 Å². The predicted octanol–water partition coefficient (Wildman–Crippen LogP) is 3.21. The van der Waals surface area contributed by atoms with Crippen molar-refractivity contribution in [3.05, 3.63) is 15.9 Å². The van der Waals surface area contributed by atoms with Gasteiger partial charge < -0.3 is 5.32 Å². The van der Waals surface area contributed by atoms with Crippen molar-refractivity contribution < 1.29 is 0 Å². The third-order valence-electron chi connectivity index (χ3n) is 4.80. The summed E-state index contributed by atoms with van der Waals surface area (Å²) < 4.78 is 3.33. The summed E-state index contributed by atoms with van der Waals surface area (Å²) in [6, 6.07) is 0.818. The van der Waals surface area contributed by atoms with Gasteiger partial charge in [-0.3, -0.25) is 4.68 Å². The van der Waals surface area contributed by atoms with E-state index in [-0.39, 0.29) is 0 Å². The van der Waals surface area contributed by atoms with Gasteiger partial charge in [0.15, 0.2) is 0 Å². The molecule has 2 aliphatic rings. The molecule has 0 bridgehead atoms. The number of halogens is 1. The second kappa shape index (κ2) is 5.21. The maximum Gasteiger partial charge on any atom is 0.0766 e. The molecule has 0 radical (unpaired) electrons. The van der Waals surface area contributed by atoms with Crippen molar-refractivity contribution in [2.45, 2.75) is 57.9 Å². The zero-order valence-corrected chi connectivity index (χ0v) is 13.6. The maximum absolute atomic E-state index is 4.63. The lowest BCUT2D eigenvalue weighted by molar-refractivity contribution is 0.126. The topological polar surface area (TPSA) is 29.9 Å². The van der Waals surface area contributed by atoms with Crippen LogP contribution in [-0.4, -0.2) is 22.4 Å². The van der Waals surface area contributed by atoms with Crippen molar-refractivity contribution in [2.75, 3.05) is 6.54 Å². The Morgan fingerprint density at radius 1 is 1.42 bits per heavy atom. The van der Waals surface area contributed by atoms with Gasteiger partial charge in [-0.05, 0) is 59.9 Å². The first-order valence-corrected chi connectivity index (χ1v) is 8.36. The lowest BCUT2D eigenvalue weighted by atomic mass is 9.66. The molecule has 0 saturated heterocycles. The molecule has 0 spiro atoms. The van der Waals surface area contributed by atoms with Crippen LogP contribution < -0.4 is 5.32 Å². The molecule has 19 heavy (non-hydrogen) atoms. The van der Waals surface area contributed by atoms with Gasteiger partial charge in [0, 0.05) is 19.6 Å². The summed E-state index contributed by atoms with van der Waals surface area (Å²) in [4.78, 5) is 0. The van der Waals surface area contributed by atoms with Crippen LogP contribution in [0.1, 0.15) is 50.4 Å². The SMILES string of the molecule is CCc1nn(C)c(CC2(CNC3CC3)CCC2)c1Br. The minimum Gasteiger partial charge on any atom is -0.313 e. The number of nitrogens with zero attached hydrogens (tertiary/aromatic N) is 2. The Morgan fingerprint density at radius 2 is 2.16 bits per heavy atom. The Morgan fingerprint density at radius 3 is 2.63 bits per heavy atom. The van der Waals surface area contributed by atoms with E-state index in [2.05, 4.69) is 45.0 Å². The Hall–Kier alpha value is -0.350. The first-order valence-electron chi connectivity index (χ1n) is 7.57. The third kappa shape index (κ3) is 2.75. The molecule has 3 rings (SSSR count). The monoisotopic (exact) mass is 325 g/mol.